The fourth-order valence-corrected chi connectivity index (χ4v) is 0.996. The van der Waals surface area contributed by atoms with Crippen molar-refractivity contribution in [2.45, 2.75) is 5.92 Å². The van der Waals surface area contributed by atoms with E-state index >= 15 is 0 Å². The molecular formula is C8H11ClF2N4O3. The zero-order valence-electron chi connectivity index (χ0n) is 8.98. The third-order valence-corrected chi connectivity index (χ3v) is 1.93. The molecule has 0 saturated carbocycles. The van der Waals surface area contributed by atoms with E-state index in [1.807, 2.05) is 5.32 Å². The van der Waals surface area contributed by atoms with Crippen LogP contribution in [0, 0.1) is 10.1 Å². The van der Waals surface area contributed by atoms with Crippen LogP contribution in [0.3, 0.4) is 0 Å². The Morgan fingerprint density at radius 3 is 2.67 bits per heavy atom. The van der Waals surface area contributed by atoms with Crippen molar-refractivity contribution in [1.82, 2.24) is 10.3 Å². The van der Waals surface area contributed by atoms with Gasteiger partial charge in [0.15, 0.2) is 0 Å². The molecule has 0 aliphatic heterocycles. The highest BCUT2D eigenvalue weighted by Gasteiger charge is 2.27. The van der Waals surface area contributed by atoms with Crippen LogP contribution in [0.15, 0.2) is 12.3 Å². The summed E-state index contributed by atoms with van der Waals surface area (Å²) < 4.78 is 25.4. The van der Waals surface area contributed by atoms with Gasteiger partial charge in [0.2, 0.25) is 0 Å². The summed E-state index contributed by atoms with van der Waals surface area (Å²) in [4.78, 5) is 23.2. The van der Waals surface area contributed by atoms with Gasteiger partial charge in [0, 0.05) is 6.07 Å². The summed E-state index contributed by atoms with van der Waals surface area (Å²) in [7, 11) is 0. The molecule has 0 spiro atoms. The van der Waals surface area contributed by atoms with E-state index in [1.165, 1.54) is 0 Å². The average molecular weight is 285 g/mol. The Balaban J connectivity index is 0.00000289. The van der Waals surface area contributed by atoms with Crippen LogP contribution in [0.1, 0.15) is 10.5 Å². The Hall–Kier alpha value is -1.74. The number of halogens is 3. The van der Waals surface area contributed by atoms with Crippen LogP contribution in [-0.2, 0) is 0 Å². The van der Waals surface area contributed by atoms with Gasteiger partial charge in [0.1, 0.15) is 5.69 Å². The lowest BCUT2D eigenvalue weighted by Gasteiger charge is -2.13. The van der Waals surface area contributed by atoms with Crippen molar-refractivity contribution in [1.29, 1.82) is 0 Å². The van der Waals surface area contributed by atoms with Crippen LogP contribution >= 0.6 is 12.4 Å². The Morgan fingerprint density at radius 2 is 2.22 bits per heavy atom. The van der Waals surface area contributed by atoms with Crippen LogP contribution in [0.5, 0.6) is 0 Å². The topological polar surface area (TPSA) is 114 Å². The van der Waals surface area contributed by atoms with Crippen molar-refractivity contribution >= 4 is 24.0 Å². The van der Waals surface area contributed by atoms with E-state index in [0.29, 0.717) is 0 Å². The summed E-state index contributed by atoms with van der Waals surface area (Å²) in [6.07, 6.45) is 0.996. The number of nitrogens with two attached hydrogens (primary N) is 1. The molecule has 0 atom stereocenters. The Bertz CT molecular complexity index is 438. The molecular weight excluding hydrogens is 274 g/mol. The Morgan fingerprint density at radius 1 is 1.61 bits per heavy atom. The second kappa shape index (κ2) is 6.26. The fourth-order valence-electron chi connectivity index (χ4n) is 0.996. The summed E-state index contributed by atoms with van der Waals surface area (Å²) in [6, 6.07) is 0.954. The lowest BCUT2D eigenvalue weighted by atomic mass is 10.3. The minimum atomic E-state index is -3.20. The van der Waals surface area contributed by atoms with Crippen molar-refractivity contribution < 1.29 is 18.5 Å². The monoisotopic (exact) mass is 284 g/mol. The number of aromatic amines is 1. The molecule has 0 radical (unpaired) electrons. The second-order valence-corrected chi connectivity index (χ2v) is 3.27. The normalized spacial score (nSPS) is 10.6. The molecule has 1 aromatic heterocycles. The zero-order chi connectivity index (χ0) is 13.1. The van der Waals surface area contributed by atoms with Crippen molar-refractivity contribution in [3.8, 4) is 0 Å². The Labute approximate surface area is 106 Å². The van der Waals surface area contributed by atoms with E-state index in [4.69, 9.17) is 5.73 Å². The number of rotatable bonds is 5. The van der Waals surface area contributed by atoms with Gasteiger partial charge in [-0.2, -0.15) is 0 Å². The highest BCUT2D eigenvalue weighted by Crippen LogP contribution is 2.13. The van der Waals surface area contributed by atoms with Crippen LogP contribution in [0.2, 0.25) is 0 Å². The minimum absolute atomic E-state index is 0. The number of aromatic nitrogens is 1. The SMILES string of the molecule is Cl.NCC(F)(F)CNC(=O)c1cc([N+](=O)[O-])c[nH]1. The van der Waals surface area contributed by atoms with E-state index in [9.17, 15) is 23.7 Å². The molecule has 0 aliphatic carbocycles. The van der Waals surface area contributed by atoms with E-state index in [1.54, 1.807) is 0 Å². The van der Waals surface area contributed by atoms with Crippen molar-refractivity contribution in [2.75, 3.05) is 13.1 Å². The molecule has 4 N–H and O–H groups in total. The maximum Gasteiger partial charge on any atom is 0.287 e. The molecule has 7 nitrogen and oxygen atoms in total. The maximum absolute atomic E-state index is 12.7. The molecule has 18 heavy (non-hydrogen) atoms. The quantitative estimate of drug-likeness (QED) is 0.544. The van der Waals surface area contributed by atoms with Crippen molar-refractivity contribution in [3.05, 3.63) is 28.1 Å². The number of nitrogens with zero attached hydrogens (tertiary/aromatic N) is 1. The smallest absolute Gasteiger partial charge is 0.287 e. The summed E-state index contributed by atoms with van der Waals surface area (Å²) in [5.74, 6) is -4.06. The van der Waals surface area contributed by atoms with Gasteiger partial charge in [-0.15, -0.1) is 12.4 Å². The predicted molar refractivity (Wildman–Crippen MR) is 61.0 cm³/mol. The van der Waals surface area contributed by atoms with Gasteiger partial charge >= 0.3 is 0 Å². The van der Waals surface area contributed by atoms with Crippen LogP contribution in [0.4, 0.5) is 14.5 Å². The van der Waals surface area contributed by atoms with Crippen molar-refractivity contribution in [2.24, 2.45) is 5.73 Å². The maximum atomic E-state index is 12.7. The molecule has 1 aromatic rings. The third kappa shape index (κ3) is 4.26. The summed E-state index contributed by atoms with van der Waals surface area (Å²) in [6.45, 7) is -1.81. The molecule has 102 valence electrons. The third-order valence-electron chi connectivity index (χ3n) is 1.93. The van der Waals surface area contributed by atoms with Gasteiger partial charge in [-0.1, -0.05) is 0 Å². The summed E-state index contributed by atoms with van der Waals surface area (Å²) >= 11 is 0. The molecule has 0 saturated heterocycles. The van der Waals surface area contributed by atoms with Gasteiger partial charge < -0.3 is 16.0 Å². The first-order chi connectivity index (χ1) is 7.85. The fraction of sp³-hybridized carbons (Fsp3) is 0.375. The first-order valence-corrected chi connectivity index (χ1v) is 4.54. The van der Waals surface area contributed by atoms with Gasteiger partial charge in [-0.05, 0) is 0 Å². The molecule has 10 heteroatoms. The number of nitrogens with one attached hydrogen (secondary N) is 2. The summed E-state index contributed by atoms with van der Waals surface area (Å²) in [5, 5.41) is 12.2. The number of alkyl halides is 2. The van der Waals surface area contributed by atoms with Crippen LogP contribution < -0.4 is 11.1 Å². The lowest BCUT2D eigenvalue weighted by molar-refractivity contribution is -0.384. The van der Waals surface area contributed by atoms with E-state index in [0.717, 1.165) is 12.3 Å². The minimum Gasteiger partial charge on any atom is -0.351 e. The molecule has 0 unspecified atom stereocenters. The number of carbonyl (C=O) groups is 1. The van der Waals surface area contributed by atoms with Crippen molar-refractivity contribution in [3.63, 3.8) is 0 Å². The molecule has 1 heterocycles. The zero-order valence-corrected chi connectivity index (χ0v) is 9.80. The average Bonchev–Trinajstić information content (AvgIpc) is 2.75. The lowest BCUT2D eigenvalue weighted by Crippen LogP contribution is -2.41. The number of hydrogen-bond donors (Lipinski definition) is 3. The molecule has 1 rings (SSSR count). The number of hydrogen-bond acceptors (Lipinski definition) is 4. The van der Waals surface area contributed by atoms with E-state index in [-0.39, 0.29) is 23.8 Å². The first-order valence-electron chi connectivity index (χ1n) is 4.54. The highest BCUT2D eigenvalue weighted by molar-refractivity contribution is 5.93. The van der Waals surface area contributed by atoms with Gasteiger partial charge in [-0.25, -0.2) is 8.78 Å². The van der Waals surface area contributed by atoms with E-state index < -0.39 is 29.8 Å². The molecule has 0 aromatic carbocycles. The van der Waals surface area contributed by atoms with Gasteiger partial charge in [0.25, 0.3) is 17.5 Å². The van der Waals surface area contributed by atoms with E-state index in [2.05, 4.69) is 4.98 Å². The van der Waals surface area contributed by atoms with Crippen LogP contribution in [0.25, 0.3) is 0 Å². The molecule has 1 amide bonds. The van der Waals surface area contributed by atoms with Crippen LogP contribution in [-0.4, -0.2) is 34.8 Å². The van der Waals surface area contributed by atoms with Gasteiger partial charge in [-0.3, -0.25) is 14.9 Å². The predicted octanol–water partition coefficient (Wildman–Crippen LogP) is 0.668. The number of amides is 1. The summed E-state index contributed by atoms with van der Waals surface area (Å²) in [5.41, 5.74) is 4.30. The first kappa shape index (κ1) is 16.3. The molecule has 0 bridgehead atoms. The molecule has 0 aliphatic rings. The highest BCUT2D eigenvalue weighted by atomic mass is 35.5. The Kier molecular flexibility index (Phi) is 5.66. The number of H-pyrrole nitrogens is 1. The second-order valence-electron chi connectivity index (χ2n) is 3.27. The largest absolute Gasteiger partial charge is 0.351 e. The number of carbonyl (C=O) groups excluding carboxylic acids is 1. The standard InChI is InChI=1S/C8H10F2N4O3.ClH/c9-8(10,3-11)4-13-7(15)6-1-5(2-12-6)14(16)17;/h1-2,12H,3-4,11H2,(H,13,15);1H. The number of nitro groups is 1. The van der Waals surface area contributed by atoms with Gasteiger partial charge in [0.05, 0.1) is 24.2 Å². The molecule has 0 fully saturated rings.